The molecule has 8 nitrogen and oxygen atoms in total. The van der Waals surface area contributed by atoms with Crippen LogP contribution in [0.25, 0.3) is 0 Å². The third-order valence-electron chi connectivity index (χ3n) is 4.57. The molecular weight excluding hydrogens is 412 g/mol. The molecule has 2 aromatic rings. The number of anilines is 1. The van der Waals surface area contributed by atoms with Gasteiger partial charge in [-0.05, 0) is 30.3 Å². The van der Waals surface area contributed by atoms with Gasteiger partial charge in [-0.25, -0.2) is 18.1 Å². The van der Waals surface area contributed by atoms with E-state index in [2.05, 4.69) is 29.8 Å². The molecule has 0 bridgehead atoms. The molecule has 2 N–H and O–H groups in total. The molecule has 10 heteroatoms. The molecule has 0 saturated carbocycles. The first-order valence-electron chi connectivity index (χ1n) is 9.36. The highest BCUT2D eigenvalue weighted by atomic mass is 35.5. The monoisotopic (exact) mass is 436 g/mol. The summed E-state index contributed by atoms with van der Waals surface area (Å²) in [5.41, 5.74) is 0. The maximum atomic E-state index is 12.3. The summed E-state index contributed by atoms with van der Waals surface area (Å²) in [4.78, 5) is 13.3. The fourth-order valence-corrected chi connectivity index (χ4v) is 4.43. The van der Waals surface area contributed by atoms with Crippen molar-refractivity contribution in [2.45, 2.75) is 4.90 Å². The number of piperazine rings is 1. The molecule has 0 unspecified atom stereocenters. The molecular formula is C19H25ClN6O2S. The summed E-state index contributed by atoms with van der Waals surface area (Å²) in [5.74, 6) is 1.73. The molecule has 1 saturated heterocycles. The second-order valence-electron chi connectivity index (χ2n) is 6.49. The Morgan fingerprint density at radius 3 is 2.59 bits per heavy atom. The summed E-state index contributed by atoms with van der Waals surface area (Å²) in [7, 11) is -1.87. The van der Waals surface area contributed by atoms with Crippen molar-refractivity contribution >= 4 is 33.4 Å². The Morgan fingerprint density at radius 1 is 1.14 bits per heavy atom. The van der Waals surface area contributed by atoms with E-state index in [1.165, 1.54) is 12.1 Å². The van der Waals surface area contributed by atoms with Crippen molar-refractivity contribution in [1.82, 2.24) is 19.9 Å². The molecule has 1 aromatic heterocycles. The van der Waals surface area contributed by atoms with Crippen LogP contribution < -0.4 is 14.9 Å². The van der Waals surface area contributed by atoms with Gasteiger partial charge in [-0.15, -0.1) is 0 Å². The predicted molar refractivity (Wildman–Crippen MR) is 116 cm³/mol. The van der Waals surface area contributed by atoms with Crippen LogP contribution in [0.1, 0.15) is 0 Å². The standard InChI is InChI=1S/C19H25ClN6O2S/c1-21-19(26-13-11-25(12-14-26)18-7-2-3-8-22-18)23-9-10-24-29(27,28)17-6-4-5-16(20)15-17/h2-8,15,24H,9-14H2,1H3,(H,21,23). The van der Waals surface area contributed by atoms with Crippen molar-refractivity contribution in [3.05, 3.63) is 53.7 Å². The molecule has 1 aliphatic heterocycles. The Bertz CT molecular complexity index is 931. The molecule has 1 aliphatic rings. The molecule has 2 heterocycles. The van der Waals surface area contributed by atoms with Crippen molar-refractivity contribution in [2.24, 2.45) is 4.99 Å². The van der Waals surface area contributed by atoms with Crippen LogP contribution >= 0.6 is 11.6 Å². The van der Waals surface area contributed by atoms with Gasteiger partial charge in [0.25, 0.3) is 0 Å². The summed E-state index contributed by atoms with van der Waals surface area (Å²) in [6.07, 6.45) is 1.80. The van der Waals surface area contributed by atoms with Gasteiger partial charge in [0.2, 0.25) is 10.0 Å². The molecule has 0 aliphatic carbocycles. The molecule has 0 spiro atoms. The number of pyridine rings is 1. The Hall–Kier alpha value is -2.36. The van der Waals surface area contributed by atoms with Gasteiger partial charge in [-0.2, -0.15) is 0 Å². The minimum atomic E-state index is -3.59. The Kier molecular flexibility index (Phi) is 7.29. The fraction of sp³-hybridized carbons (Fsp3) is 0.368. The van der Waals surface area contributed by atoms with Gasteiger partial charge < -0.3 is 15.1 Å². The molecule has 29 heavy (non-hydrogen) atoms. The lowest BCUT2D eigenvalue weighted by Crippen LogP contribution is -2.53. The molecule has 156 valence electrons. The third-order valence-corrected chi connectivity index (χ3v) is 6.26. The maximum Gasteiger partial charge on any atom is 0.240 e. The number of halogens is 1. The van der Waals surface area contributed by atoms with Gasteiger partial charge in [-0.3, -0.25) is 4.99 Å². The average molecular weight is 437 g/mol. The molecule has 0 radical (unpaired) electrons. The maximum absolute atomic E-state index is 12.3. The number of sulfonamides is 1. The number of aliphatic imine (C=N–C) groups is 1. The fourth-order valence-electron chi connectivity index (χ4n) is 3.10. The van der Waals surface area contributed by atoms with E-state index >= 15 is 0 Å². The zero-order valence-corrected chi connectivity index (χ0v) is 17.8. The van der Waals surface area contributed by atoms with Crippen LogP contribution in [-0.2, 0) is 10.0 Å². The lowest BCUT2D eigenvalue weighted by Gasteiger charge is -2.37. The van der Waals surface area contributed by atoms with E-state index in [-0.39, 0.29) is 11.4 Å². The smallest absolute Gasteiger partial charge is 0.240 e. The summed E-state index contributed by atoms with van der Waals surface area (Å²) in [6, 6.07) is 12.1. The highest BCUT2D eigenvalue weighted by Crippen LogP contribution is 2.15. The van der Waals surface area contributed by atoms with Crippen molar-refractivity contribution < 1.29 is 8.42 Å². The number of aromatic nitrogens is 1. The zero-order valence-electron chi connectivity index (χ0n) is 16.3. The van der Waals surface area contributed by atoms with Crippen molar-refractivity contribution in [3.8, 4) is 0 Å². The quantitative estimate of drug-likeness (QED) is 0.404. The minimum Gasteiger partial charge on any atom is -0.355 e. The molecule has 1 fully saturated rings. The van der Waals surface area contributed by atoms with Crippen LogP contribution in [0.3, 0.4) is 0 Å². The van der Waals surface area contributed by atoms with Gasteiger partial charge in [0, 0.05) is 57.5 Å². The average Bonchev–Trinajstić information content (AvgIpc) is 2.75. The van der Waals surface area contributed by atoms with Crippen molar-refractivity contribution in [1.29, 1.82) is 0 Å². The van der Waals surface area contributed by atoms with Gasteiger partial charge in [-0.1, -0.05) is 23.7 Å². The number of nitrogens with one attached hydrogen (secondary N) is 2. The van der Waals surface area contributed by atoms with E-state index in [0.29, 0.717) is 11.6 Å². The summed E-state index contributed by atoms with van der Waals surface area (Å²) >= 11 is 5.87. The first-order chi connectivity index (χ1) is 14.0. The van der Waals surface area contributed by atoms with Crippen LogP contribution in [-0.4, -0.2) is 70.6 Å². The van der Waals surface area contributed by atoms with Crippen LogP contribution in [0, 0.1) is 0 Å². The first-order valence-corrected chi connectivity index (χ1v) is 11.2. The minimum absolute atomic E-state index is 0.153. The van der Waals surface area contributed by atoms with E-state index in [9.17, 15) is 8.42 Å². The molecule has 3 rings (SSSR count). The summed E-state index contributed by atoms with van der Waals surface area (Å²) < 4.78 is 27.2. The summed E-state index contributed by atoms with van der Waals surface area (Å²) in [6.45, 7) is 3.97. The largest absolute Gasteiger partial charge is 0.355 e. The number of nitrogens with zero attached hydrogens (tertiary/aromatic N) is 4. The lowest BCUT2D eigenvalue weighted by molar-refractivity contribution is 0.372. The van der Waals surface area contributed by atoms with E-state index in [1.54, 1.807) is 25.4 Å². The zero-order chi connectivity index (χ0) is 20.7. The Labute approximate surface area is 176 Å². The highest BCUT2D eigenvalue weighted by Gasteiger charge is 2.20. The van der Waals surface area contributed by atoms with Crippen LogP contribution in [0.15, 0.2) is 58.5 Å². The number of hydrogen-bond donors (Lipinski definition) is 2. The second kappa shape index (κ2) is 9.91. The first kappa shape index (κ1) is 21.4. The van der Waals surface area contributed by atoms with Gasteiger partial charge in [0.15, 0.2) is 5.96 Å². The summed E-state index contributed by atoms with van der Waals surface area (Å²) in [5, 5.41) is 3.60. The van der Waals surface area contributed by atoms with E-state index in [1.807, 2.05) is 18.2 Å². The van der Waals surface area contributed by atoms with Crippen LogP contribution in [0.4, 0.5) is 5.82 Å². The topological polar surface area (TPSA) is 89.9 Å². The molecule has 0 atom stereocenters. The Balaban J connectivity index is 1.45. The number of rotatable bonds is 6. The van der Waals surface area contributed by atoms with E-state index < -0.39 is 10.0 Å². The molecule has 1 aromatic carbocycles. The molecule has 0 amide bonds. The van der Waals surface area contributed by atoms with Gasteiger partial charge >= 0.3 is 0 Å². The van der Waals surface area contributed by atoms with Crippen molar-refractivity contribution in [3.63, 3.8) is 0 Å². The van der Waals surface area contributed by atoms with Gasteiger partial charge in [0.05, 0.1) is 4.90 Å². The van der Waals surface area contributed by atoms with Crippen LogP contribution in [0.5, 0.6) is 0 Å². The number of guanidine groups is 1. The number of hydrogen-bond acceptors (Lipinski definition) is 5. The van der Waals surface area contributed by atoms with E-state index in [4.69, 9.17) is 11.6 Å². The van der Waals surface area contributed by atoms with Gasteiger partial charge in [0.1, 0.15) is 5.82 Å². The normalized spacial score (nSPS) is 15.4. The SMILES string of the molecule is CN=C(NCCNS(=O)(=O)c1cccc(Cl)c1)N1CCN(c2ccccn2)CC1. The lowest BCUT2D eigenvalue weighted by atomic mass is 10.3. The van der Waals surface area contributed by atoms with E-state index in [0.717, 1.165) is 38.0 Å². The van der Waals surface area contributed by atoms with Crippen LogP contribution in [0.2, 0.25) is 5.02 Å². The third kappa shape index (κ3) is 5.81. The van der Waals surface area contributed by atoms with Crippen molar-refractivity contribution in [2.75, 3.05) is 51.2 Å². The predicted octanol–water partition coefficient (Wildman–Crippen LogP) is 1.41. The Morgan fingerprint density at radius 2 is 1.93 bits per heavy atom. The highest BCUT2D eigenvalue weighted by molar-refractivity contribution is 7.89. The second-order valence-corrected chi connectivity index (χ2v) is 8.69. The number of benzene rings is 1.